The van der Waals surface area contributed by atoms with Crippen LogP contribution in [0.5, 0.6) is 0 Å². The number of para-hydroxylation sites is 1. The number of fused-ring (bicyclic) bond motifs is 8. The van der Waals surface area contributed by atoms with Gasteiger partial charge in [0.1, 0.15) is 16.8 Å². The normalized spacial score (nSPS) is 13.0. The van der Waals surface area contributed by atoms with Crippen LogP contribution in [0.2, 0.25) is 0 Å². The Morgan fingerprint density at radius 1 is 0.407 bits per heavy atom. The van der Waals surface area contributed by atoms with E-state index in [9.17, 15) is 0 Å². The average Bonchev–Trinajstić information content (AvgIpc) is 3.77. The third-order valence-corrected chi connectivity index (χ3v) is 11.2. The standard InChI is InChI=1S/C51H32N2O/c1-4-14-34(15-5-1)48-47(52-49-42-21-11-13-23-45(42)54-50(49)53-48)35-26-24-33(25-27-35)36-28-30-40-37(32-36)29-31-44-46(40)41-20-10-12-22-43(41)51(44,38-16-6-2-7-17-38)39-18-8-3-9-19-39/h1-32H. The van der Waals surface area contributed by atoms with E-state index in [-0.39, 0.29) is 0 Å². The molecule has 11 rings (SSSR count). The molecule has 0 bridgehead atoms. The van der Waals surface area contributed by atoms with Crippen LogP contribution in [0, 0.1) is 0 Å². The summed E-state index contributed by atoms with van der Waals surface area (Å²) in [5.41, 5.74) is 15.5. The van der Waals surface area contributed by atoms with Gasteiger partial charge in [-0.3, -0.25) is 0 Å². The second-order valence-corrected chi connectivity index (χ2v) is 14.1. The van der Waals surface area contributed by atoms with Gasteiger partial charge in [-0.15, -0.1) is 0 Å². The second-order valence-electron chi connectivity index (χ2n) is 14.1. The summed E-state index contributed by atoms with van der Waals surface area (Å²) in [6, 6.07) is 69.5. The molecule has 1 aliphatic rings. The number of hydrogen-bond acceptors (Lipinski definition) is 3. The summed E-state index contributed by atoms with van der Waals surface area (Å²) in [6.45, 7) is 0. The molecular formula is C51H32N2O. The Kier molecular flexibility index (Phi) is 6.77. The van der Waals surface area contributed by atoms with Crippen molar-refractivity contribution in [3.8, 4) is 44.8 Å². The number of furan rings is 1. The van der Waals surface area contributed by atoms with Gasteiger partial charge in [-0.1, -0.05) is 176 Å². The van der Waals surface area contributed by atoms with E-state index in [1.54, 1.807) is 0 Å². The van der Waals surface area contributed by atoms with Crippen molar-refractivity contribution in [2.24, 2.45) is 0 Å². The zero-order valence-corrected chi connectivity index (χ0v) is 29.3. The van der Waals surface area contributed by atoms with Crippen molar-refractivity contribution in [3.63, 3.8) is 0 Å². The van der Waals surface area contributed by atoms with Crippen molar-refractivity contribution >= 4 is 33.0 Å². The molecular weight excluding hydrogens is 657 g/mol. The van der Waals surface area contributed by atoms with Crippen molar-refractivity contribution < 1.29 is 4.42 Å². The maximum Gasteiger partial charge on any atom is 0.246 e. The molecule has 54 heavy (non-hydrogen) atoms. The predicted molar refractivity (Wildman–Crippen MR) is 220 cm³/mol. The fraction of sp³-hybridized carbons (Fsp3) is 0.0196. The fourth-order valence-corrected chi connectivity index (χ4v) is 8.79. The molecule has 8 aromatic carbocycles. The minimum atomic E-state index is -0.412. The predicted octanol–water partition coefficient (Wildman–Crippen LogP) is 12.9. The molecule has 10 aromatic rings. The summed E-state index contributed by atoms with van der Waals surface area (Å²) in [5.74, 6) is 0. The molecule has 0 atom stereocenters. The van der Waals surface area contributed by atoms with Gasteiger partial charge in [-0.2, -0.15) is 0 Å². The number of benzene rings is 8. The zero-order valence-electron chi connectivity index (χ0n) is 29.3. The highest BCUT2D eigenvalue weighted by Crippen LogP contribution is 2.57. The van der Waals surface area contributed by atoms with Crippen LogP contribution >= 0.6 is 0 Å². The SMILES string of the molecule is c1ccc(-c2nc3oc4ccccc4c3nc2-c2ccc(-c3ccc4c5c(ccc4c3)C(c3ccccc3)(c3ccccc3)c3ccccc3-5)cc2)cc1. The lowest BCUT2D eigenvalue weighted by Gasteiger charge is -2.33. The van der Waals surface area contributed by atoms with E-state index in [4.69, 9.17) is 14.4 Å². The molecule has 1 aliphatic carbocycles. The van der Waals surface area contributed by atoms with Gasteiger partial charge in [-0.05, 0) is 73.5 Å². The average molecular weight is 689 g/mol. The summed E-state index contributed by atoms with van der Waals surface area (Å²) < 4.78 is 6.15. The summed E-state index contributed by atoms with van der Waals surface area (Å²) in [6.07, 6.45) is 0. The smallest absolute Gasteiger partial charge is 0.246 e. The molecule has 0 spiro atoms. The molecule has 0 radical (unpaired) electrons. The highest BCUT2D eigenvalue weighted by molar-refractivity contribution is 6.06. The van der Waals surface area contributed by atoms with Gasteiger partial charge >= 0.3 is 0 Å². The quantitative estimate of drug-likeness (QED) is 0.181. The van der Waals surface area contributed by atoms with E-state index in [1.165, 1.54) is 49.7 Å². The van der Waals surface area contributed by atoms with Crippen LogP contribution in [-0.2, 0) is 5.41 Å². The molecule has 2 aromatic heterocycles. The Labute approximate surface area is 312 Å². The maximum atomic E-state index is 6.15. The van der Waals surface area contributed by atoms with E-state index < -0.39 is 5.41 Å². The van der Waals surface area contributed by atoms with Gasteiger partial charge in [0.05, 0.1) is 11.1 Å². The monoisotopic (exact) mass is 688 g/mol. The van der Waals surface area contributed by atoms with Crippen LogP contribution in [0.3, 0.4) is 0 Å². The van der Waals surface area contributed by atoms with Gasteiger partial charge in [0.2, 0.25) is 5.71 Å². The number of rotatable bonds is 5. The first-order valence-corrected chi connectivity index (χ1v) is 18.4. The topological polar surface area (TPSA) is 38.9 Å². The zero-order chi connectivity index (χ0) is 35.6. The van der Waals surface area contributed by atoms with Gasteiger partial charge < -0.3 is 4.42 Å². The van der Waals surface area contributed by atoms with E-state index in [2.05, 4.69) is 152 Å². The molecule has 0 aliphatic heterocycles. The first-order valence-electron chi connectivity index (χ1n) is 18.4. The van der Waals surface area contributed by atoms with Crippen LogP contribution in [0.25, 0.3) is 77.7 Å². The van der Waals surface area contributed by atoms with E-state index in [0.29, 0.717) is 5.71 Å². The Balaban J connectivity index is 1.04. The van der Waals surface area contributed by atoms with Crippen molar-refractivity contribution in [1.82, 2.24) is 9.97 Å². The second kappa shape index (κ2) is 12.0. The largest absolute Gasteiger partial charge is 0.436 e. The third kappa shape index (κ3) is 4.49. The molecule has 0 saturated carbocycles. The minimum Gasteiger partial charge on any atom is -0.436 e. The van der Waals surface area contributed by atoms with E-state index in [1.807, 2.05) is 42.5 Å². The van der Waals surface area contributed by atoms with Crippen molar-refractivity contribution in [2.45, 2.75) is 5.41 Å². The molecule has 0 N–H and O–H groups in total. The lowest BCUT2D eigenvalue weighted by molar-refractivity contribution is 0.653. The molecule has 0 amide bonds. The molecule has 3 nitrogen and oxygen atoms in total. The van der Waals surface area contributed by atoms with Crippen LogP contribution in [0.4, 0.5) is 0 Å². The Morgan fingerprint density at radius 2 is 1.00 bits per heavy atom. The van der Waals surface area contributed by atoms with Gasteiger partial charge in [0.25, 0.3) is 0 Å². The van der Waals surface area contributed by atoms with Crippen molar-refractivity contribution in [2.75, 3.05) is 0 Å². The number of hydrogen-bond donors (Lipinski definition) is 0. The fourth-order valence-electron chi connectivity index (χ4n) is 8.79. The Hall–Kier alpha value is -7.10. The lowest BCUT2D eigenvalue weighted by atomic mass is 9.67. The van der Waals surface area contributed by atoms with E-state index in [0.717, 1.165) is 44.6 Å². The molecule has 2 heterocycles. The Bertz CT molecular complexity index is 2980. The molecule has 0 unspecified atom stereocenters. The van der Waals surface area contributed by atoms with Crippen molar-refractivity contribution in [1.29, 1.82) is 0 Å². The molecule has 0 fully saturated rings. The summed E-state index contributed by atoms with van der Waals surface area (Å²) in [7, 11) is 0. The molecule has 252 valence electrons. The lowest BCUT2D eigenvalue weighted by Crippen LogP contribution is -2.28. The maximum absolute atomic E-state index is 6.15. The molecule has 0 saturated heterocycles. The van der Waals surface area contributed by atoms with Crippen LogP contribution in [-0.4, -0.2) is 9.97 Å². The first-order chi connectivity index (χ1) is 26.8. The van der Waals surface area contributed by atoms with Crippen LogP contribution < -0.4 is 0 Å². The summed E-state index contributed by atoms with van der Waals surface area (Å²) >= 11 is 0. The molecule has 3 heteroatoms. The Morgan fingerprint density at radius 3 is 1.76 bits per heavy atom. The third-order valence-electron chi connectivity index (χ3n) is 11.2. The summed E-state index contributed by atoms with van der Waals surface area (Å²) in [4.78, 5) is 10.2. The van der Waals surface area contributed by atoms with E-state index >= 15 is 0 Å². The van der Waals surface area contributed by atoms with Crippen LogP contribution in [0.1, 0.15) is 22.3 Å². The number of nitrogens with zero attached hydrogens (tertiary/aromatic N) is 2. The van der Waals surface area contributed by atoms with Crippen LogP contribution in [0.15, 0.2) is 199 Å². The summed E-state index contributed by atoms with van der Waals surface area (Å²) in [5, 5.41) is 3.45. The minimum absolute atomic E-state index is 0.412. The number of aromatic nitrogens is 2. The van der Waals surface area contributed by atoms with Gasteiger partial charge in [-0.25, -0.2) is 9.97 Å². The highest BCUT2D eigenvalue weighted by Gasteiger charge is 2.46. The van der Waals surface area contributed by atoms with Crippen molar-refractivity contribution in [3.05, 3.63) is 216 Å². The highest BCUT2D eigenvalue weighted by atomic mass is 16.3. The van der Waals surface area contributed by atoms with Gasteiger partial charge in [0.15, 0.2) is 0 Å². The first kappa shape index (κ1) is 30.5. The van der Waals surface area contributed by atoms with Gasteiger partial charge in [0, 0.05) is 16.5 Å².